The van der Waals surface area contributed by atoms with Crippen LogP contribution in [0.1, 0.15) is 41.4 Å². The number of rotatable bonds is 4. The molecule has 0 radical (unpaired) electrons. The van der Waals surface area contributed by atoms with E-state index >= 15 is 0 Å². The fourth-order valence-electron chi connectivity index (χ4n) is 3.68. The van der Waals surface area contributed by atoms with Crippen LogP contribution in [0.15, 0.2) is 23.0 Å². The Morgan fingerprint density at radius 1 is 1.32 bits per heavy atom. The van der Waals surface area contributed by atoms with E-state index in [1.54, 1.807) is 12.1 Å². The fraction of sp³-hybridized carbons (Fsp3) is 0.500. The van der Waals surface area contributed by atoms with E-state index in [2.05, 4.69) is 28.9 Å². The zero-order chi connectivity index (χ0) is 18.1. The molecule has 0 spiro atoms. The first-order valence-electron chi connectivity index (χ1n) is 8.92. The summed E-state index contributed by atoms with van der Waals surface area (Å²) >= 11 is 0. The van der Waals surface area contributed by atoms with Gasteiger partial charge < -0.3 is 9.88 Å². The van der Waals surface area contributed by atoms with Gasteiger partial charge in [0, 0.05) is 40.3 Å². The van der Waals surface area contributed by atoms with Gasteiger partial charge in [0.25, 0.3) is 0 Å². The number of Topliss-reactive ketones (excluding diaryl/α,β-unsaturated/α-hetero) is 1. The SMILES string of the molecule is CC(=O)c1ccc2[nH]c(C)c(CN(C)C3CCN(C)CC3)c(=O)c2c1. The van der Waals surface area contributed by atoms with Crippen LogP contribution in [0.5, 0.6) is 0 Å². The van der Waals surface area contributed by atoms with Gasteiger partial charge in [-0.15, -0.1) is 0 Å². The van der Waals surface area contributed by atoms with Crippen molar-refractivity contribution in [2.24, 2.45) is 0 Å². The minimum Gasteiger partial charge on any atom is -0.358 e. The molecule has 1 N–H and O–H groups in total. The van der Waals surface area contributed by atoms with Crippen LogP contribution in [-0.2, 0) is 6.54 Å². The molecule has 1 aliphatic heterocycles. The van der Waals surface area contributed by atoms with Gasteiger partial charge in [0.05, 0.1) is 0 Å². The molecule has 0 unspecified atom stereocenters. The van der Waals surface area contributed by atoms with Gasteiger partial charge in [-0.25, -0.2) is 0 Å². The largest absolute Gasteiger partial charge is 0.358 e. The molecular formula is C20H27N3O2. The van der Waals surface area contributed by atoms with E-state index in [1.807, 2.05) is 13.0 Å². The Morgan fingerprint density at radius 3 is 2.64 bits per heavy atom. The molecule has 0 bridgehead atoms. The molecule has 134 valence electrons. The number of hydrogen-bond acceptors (Lipinski definition) is 4. The zero-order valence-electron chi connectivity index (χ0n) is 15.6. The summed E-state index contributed by atoms with van der Waals surface area (Å²) in [6.07, 6.45) is 2.26. The normalized spacial score (nSPS) is 16.7. The molecule has 1 aromatic heterocycles. The minimum absolute atomic E-state index is 0.0214. The number of nitrogens with one attached hydrogen (secondary N) is 1. The maximum absolute atomic E-state index is 13.0. The highest BCUT2D eigenvalue weighted by Gasteiger charge is 2.22. The van der Waals surface area contributed by atoms with Crippen molar-refractivity contribution < 1.29 is 4.79 Å². The molecule has 5 heteroatoms. The predicted molar refractivity (Wildman–Crippen MR) is 101 cm³/mol. The number of ketones is 1. The average molecular weight is 341 g/mol. The number of pyridine rings is 1. The van der Waals surface area contributed by atoms with E-state index in [4.69, 9.17) is 0 Å². The van der Waals surface area contributed by atoms with Crippen molar-refractivity contribution in [3.63, 3.8) is 0 Å². The van der Waals surface area contributed by atoms with E-state index in [1.165, 1.54) is 6.92 Å². The summed E-state index contributed by atoms with van der Waals surface area (Å²) < 4.78 is 0. The first-order chi connectivity index (χ1) is 11.9. The van der Waals surface area contributed by atoms with Gasteiger partial charge in [0.1, 0.15) is 0 Å². The van der Waals surface area contributed by atoms with E-state index in [0.29, 0.717) is 23.5 Å². The van der Waals surface area contributed by atoms with Gasteiger partial charge in [-0.1, -0.05) is 0 Å². The number of piperidine rings is 1. The van der Waals surface area contributed by atoms with Gasteiger partial charge in [-0.2, -0.15) is 0 Å². The molecule has 0 amide bonds. The predicted octanol–water partition coefficient (Wildman–Crippen LogP) is 2.57. The van der Waals surface area contributed by atoms with Gasteiger partial charge in [-0.05, 0) is 72.1 Å². The number of hydrogen-bond donors (Lipinski definition) is 1. The number of aryl methyl sites for hydroxylation is 1. The van der Waals surface area contributed by atoms with E-state index in [0.717, 1.165) is 42.7 Å². The second-order valence-electron chi connectivity index (χ2n) is 7.32. The Morgan fingerprint density at radius 2 is 2.00 bits per heavy atom. The summed E-state index contributed by atoms with van der Waals surface area (Å²) in [5, 5.41) is 0.602. The number of carbonyl (C=O) groups is 1. The summed E-state index contributed by atoms with van der Waals surface area (Å²) in [6, 6.07) is 5.82. The minimum atomic E-state index is -0.0214. The lowest BCUT2D eigenvalue weighted by molar-refractivity contribution is 0.101. The highest BCUT2D eigenvalue weighted by Crippen LogP contribution is 2.19. The number of fused-ring (bicyclic) bond motifs is 1. The number of H-pyrrole nitrogens is 1. The first kappa shape index (κ1) is 17.8. The van der Waals surface area contributed by atoms with E-state index in [9.17, 15) is 9.59 Å². The molecule has 2 heterocycles. The van der Waals surface area contributed by atoms with Crippen molar-refractivity contribution >= 4 is 16.7 Å². The van der Waals surface area contributed by atoms with Crippen LogP contribution in [0.2, 0.25) is 0 Å². The van der Waals surface area contributed by atoms with E-state index in [-0.39, 0.29) is 11.2 Å². The molecule has 0 aliphatic carbocycles. The topological polar surface area (TPSA) is 56.4 Å². The number of aromatic amines is 1. The van der Waals surface area contributed by atoms with Crippen molar-refractivity contribution in [3.8, 4) is 0 Å². The molecular weight excluding hydrogens is 314 g/mol. The number of carbonyl (C=O) groups excluding carboxylic acids is 1. The smallest absolute Gasteiger partial charge is 0.194 e. The molecule has 2 aromatic rings. The third kappa shape index (κ3) is 3.67. The third-order valence-corrected chi connectivity index (χ3v) is 5.44. The standard InChI is InChI=1S/C20H27N3O2/c1-13-18(12-23(4)16-7-9-22(3)10-8-16)20(25)17-11-15(14(2)24)5-6-19(17)21-13/h5-6,11,16H,7-10,12H2,1-4H3,(H,21,25). The Hall–Kier alpha value is -1.98. The highest BCUT2D eigenvalue weighted by molar-refractivity contribution is 5.97. The van der Waals surface area contributed by atoms with Crippen LogP contribution in [0, 0.1) is 6.92 Å². The molecule has 1 aliphatic rings. The van der Waals surface area contributed by atoms with Crippen LogP contribution in [0.4, 0.5) is 0 Å². The van der Waals surface area contributed by atoms with Crippen LogP contribution in [-0.4, -0.2) is 53.8 Å². The van der Waals surface area contributed by atoms with Crippen molar-refractivity contribution in [2.75, 3.05) is 27.2 Å². The van der Waals surface area contributed by atoms with Crippen molar-refractivity contribution in [2.45, 2.75) is 39.3 Å². The molecule has 1 saturated heterocycles. The lowest BCUT2D eigenvalue weighted by Crippen LogP contribution is -2.42. The highest BCUT2D eigenvalue weighted by atomic mass is 16.1. The second-order valence-corrected chi connectivity index (χ2v) is 7.32. The van der Waals surface area contributed by atoms with Crippen LogP contribution in [0.3, 0.4) is 0 Å². The summed E-state index contributed by atoms with van der Waals surface area (Å²) in [4.78, 5) is 32.6. The Balaban J connectivity index is 1.92. The summed E-state index contributed by atoms with van der Waals surface area (Å²) in [6.45, 7) is 6.32. The molecule has 25 heavy (non-hydrogen) atoms. The van der Waals surface area contributed by atoms with Crippen LogP contribution >= 0.6 is 0 Å². The van der Waals surface area contributed by atoms with Crippen molar-refractivity contribution in [3.05, 3.63) is 45.2 Å². The Bertz CT molecular complexity index is 848. The average Bonchev–Trinajstić information content (AvgIpc) is 2.58. The zero-order valence-corrected chi connectivity index (χ0v) is 15.6. The number of likely N-dealkylation sites (tertiary alicyclic amines) is 1. The molecule has 5 nitrogen and oxygen atoms in total. The maximum atomic E-state index is 13.0. The maximum Gasteiger partial charge on any atom is 0.194 e. The third-order valence-electron chi connectivity index (χ3n) is 5.44. The second kappa shape index (κ2) is 7.10. The van der Waals surface area contributed by atoms with Crippen LogP contribution < -0.4 is 5.43 Å². The number of nitrogens with zero attached hydrogens (tertiary/aromatic N) is 2. The lowest BCUT2D eigenvalue weighted by atomic mass is 10.0. The van der Waals surface area contributed by atoms with Crippen LogP contribution in [0.25, 0.3) is 10.9 Å². The summed E-state index contributed by atoms with van der Waals surface area (Å²) in [7, 11) is 4.26. The summed E-state index contributed by atoms with van der Waals surface area (Å²) in [5.74, 6) is -0.0214. The number of benzene rings is 1. The summed E-state index contributed by atoms with van der Waals surface area (Å²) in [5.41, 5.74) is 3.12. The van der Waals surface area contributed by atoms with Crippen molar-refractivity contribution in [1.82, 2.24) is 14.8 Å². The van der Waals surface area contributed by atoms with E-state index < -0.39 is 0 Å². The molecule has 3 rings (SSSR count). The van der Waals surface area contributed by atoms with Gasteiger partial charge in [0.2, 0.25) is 0 Å². The number of aromatic nitrogens is 1. The first-order valence-corrected chi connectivity index (χ1v) is 8.92. The van der Waals surface area contributed by atoms with Gasteiger partial charge in [0.15, 0.2) is 11.2 Å². The van der Waals surface area contributed by atoms with Gasteiger partial charge >= 0.3 is 0 Å². The molecule has 0 atom stereocenters. The molecule has 1 aromatic carbocycles. The monoisotopic (exact) mass is 341 g/mol. The lowest BCUT2D eigenvalue weighted by Gasteiger charge is -2.35. The molecule has 1 fully saturated rings. The Kier molecular flexibility index (Phi) is 5.06. The van der Waals surface area contributed by atoms with Gasteiger partial charge in [-0.3, -0.25) is 14.5 Å². The fourth-order valence-corrected chi connectivity index (χ4v) is 3.68. The Labute approximate surface area is 148 Å². The van der Waals surface area contributed by atoms with Crippen molar-refractivity contribution in [1.29, 1.82) is 0 Å². The molecule has 0 saturated carbocycles. The quantitative estimate of drug-likeness (QED) is 0.869.